The number of benzene rings is 2. The number of carbonyl (C=O) groups is 2. The van der Waals surface area contributed by atoms with Crippen LogP contribution in [-0.2, 0) is 24.3 Å². The van der Waals surface area contributed by atoms with Crippen molar-refractivity contribution < 1.29 is 32.2 Å². The normalized spacial score (nSPS) is 12.5. The molecule has 186 valence electrons. The Morgan fingerprint density at radius 1 is 1.06 bits per heavy atom. The molecule has 10 nitrogen and oxygen atoms in total. The van der Waals surface area contributed by atoms with Gasteiger partial charge in [-0.1, -0.05) is 18.0 Å². The van der Waals surface area contributed by atoms with Crippen LogP contribution in [0.25, 0.3) is 0 Å². The Morgan fingerprint density at radius 2 is 1.83 bits per heavy atom. The van der Waals surface area contributed by atoms with Gasteiger partial charge in [0.15, 0.2) is 18.1 Å². The third kappa shape index (κ3) is 7.85. The number of rotatable bonds is 11. The number of unbranched alkanes of at least 4 members (excludes halogenated alkanes) is 2. The average Bonchev–Trinajstić information content (AvgIpc) is 2.84. The molecular weight excluding hydrogens is 498 g/mol. The fourth-order valence-corrected chi connectivity index (χ4v) is 4.46. The van der Waals surface area contributed by atoms with E-state index < -0.39 is 28.5 Å². The molecule has 1 amide bonds. The summed E-state index contributed by atoms with van der Waals surface area (Å²) in [7, 11) is -3.69. The number of halogens is 1. The second-order valence-electron chi connectivity index (χ2n) is 7.53. The highest BCUT2D eigenvalue weighted by Gasteiger charge is 2.19. The number of sulfonamides is 1. The smallest absolute Gasteiger partial charge is 0.306 e. The van der Waals surface area contributed by atoms with Crippen LogP contribution < -0.4 is 19.5 Å². The maximum atomic E-state index is 12.4. The number of nitrogens with zero attached hydrogens (tertiary/aromatic N) is 1. The van der Waals surface area contributed by atoms with Gasteiger partial charge in [0.1, 0.15) is 19.3 Å². The highest BCUT2D eigenvalue weighted by atomic mass is 35.5. The summed E-state index contributed by atoms with van der Waals surface area (Å²) in [5, 5.41) is 11.6. The summed E-state index contributed by atoms with van der Waals surface area (Å²) in [6, 6.07) is 10.8. The summed E-state index contributed by atoms with van der Waals surface area (Å²) in [6.45, 7) is 0.544. The number of esters is 1. The lowest BCUT2D eigenvalue weighted by atomic mass is 10.2. The summed E-state index contributed by atoms with van der Waals surface area (Å²) in [5.74, 6) is -0.159. The Hall–Kier alpha value is -3.33. The van der Waals surface area contributed by atoms with Crippen LogP contribution in [0.2, 0.25) is 5.02 Å². The monoisotopic (exact) mass is 521 g/mol. The maximum Gasteiger partial charge on any atom is 0.306 e. The van der Waals surface area contributed by atoms with E-state index in [-0.39, 0.29) is 28.4 Å². The van der Waals surface area contributed by atoms with Gasteiger partial charge in [0, 0.05) is 24.7 Å². The minimum Gasteiger partial charge on any atom is -0.486 e. The lowest BCUT2D eigenvalue weighted by molar-refractivity contribution is -0.147. The highest BCUT2D eigenvalue weighted by Crippen LogP contribution is 2.32. The molecule has 0 atom stereocenters. The molecule has 0 aliphatic carbocycles. The van der Waals surface area contributed by atoms with Crippen LogP contribution >= 0.6 is 11.6 Å². The summed E-state index contributed by atoms with van der Waals surface area (Å²) in [4.78, 5) is 23.8. The first-order valence-electron chi connectivity index (χ1n) is 10.8. The molecule has 1 aliphatic rings. The van der Waals surface area contributed by atoms with Crippen molar-refractivity contribution in [2.75, 3.05) is 31.7 Å². The van der Waals surface area contributed by atoms with Crippen molar-refractivity contribution in [1.29, 1.82) is 5.26 Å². The second-order valence-corrected chi connectivity index (χ2v) is 9.70. The summed E-state index contributed by atoms with van der Waals surface area (Å²) in [5.41, 5.74) is 0.668. The third-order valence-corrected chi connectivity index (χ3v) is 6.68. The van der Waals surface area contributed by atoms with Crippen molar-refractivity contribution in [2.24, 2.45) is 0 Å². The Balaban J connectivity index is 1.30. The number of hydrogen-bond acceptors (Lipinski definition) is 8. The van der Waals surface area contributed by atoms with Gasteiger partial charge in [-0.3, -0.25) is 9.59 Å². The average molecular weight is 522 g/mol. The predicted molar refractivity (Wildman–Crippen MR) is 127 cm³/mol. The molecule has 0 radical (unpaired) electrons. The topological polar surface area (TPSA) is 144 Å². The van der Waals surface area contributed by atoms with Gasteiger partial charge in [0.2, 0.25) is 10.0 Å². The van der Waals surface area contributed by atoms with E-state index in [1.807, 2.05) is 6.07 Å². The van der Waals surface area contributed by atoms with Crippen molar-refractivity contribution in [3.8, 4) is 17.6 Å². The van der Waals surface area contributed by atoms with Crippen LogP contribution in [0.4, 0.5) is 5.69 Å². The zero-order chi connectivity index (χ0) is 25.3. The van der Waals surface area contributed by atoms with Crippen molar-refractivity contribution in [1.82, 2.24) is 4.72 Å². The van der Waals surface area contributed by atoms with E-state index >= 15 is 0 Å². The third-order valence-electron chi connectivity index (χ3n) is 4.91. The molecule has 3 rings (SSSR count). The predicted octanol–water partition coefficient (Wildman–Crippen LogP) is 3.00. The minimum absolute atomic E-state index is 0.0897. The van der Waals surface area contributed by atoms with Crippen LogP contribution in [0.3, 0.4) is 0 Å². The molecule has 0 saturated carbocycles. The maximum absolute atomic E-state index is 12.4. The van der Waals surface area contributed by atoms with Gasteiger partial charge in [-0.05, 0) is 43.2 Å². The molecule has 1 aliphatic heterocycles. The van der Waals surface area contributed by atoms with E-state index in [1.54, 1.807) is 6.07 Å². The van der Waals surface area contributed by atoms with Crippen LogP contribution in [0.5, 0.6) is 11.5 Å². The first-order valence-corrected chi connectivity index (χ1v) is 12.7. The number of ether oxygens (including phenoxy) is 3. The van der Waals surface area contributed by atoms with E-state index in [4.69, 9.17) is 31.1 Å². The van der Waals surface area contributed by atoms with Crippen LogP contribution in [0.1, 0.15) is 31.2 Å². The van der Waals surface area contributed by atoms with Gasteiger partial charge in [0.25, 0.3) is 5.91 Å². The zero-order valence-electron chi connectivity index (χ0n) is 18.7. The Kier molecular flexibility index (Phi) is 9.31. The van der Waals surface area contributed by atoms with Crippen molar-refractivity contribution >= 4 is 39.2 Å². The van der Waals surface area contributed by atoms with Gasteiger partial charge >= 0.3 is 5.97 Å². The molecular formula is C23H24ClN3O7S. The van der Waals surface area contributed by atoms with Gasteiger partial charge in [0.05, 0.1) is 15.5 Å². The van der Waals surface area contributed by atoms with Gasteiger partial charge < -0.3 is 19.5 Å². The van der Waals surface area contributed by atoms with Gasteiger partial charge in [-0.2, -0.15) is 5.26 Å². The first-order chi connectivity index (χ1) is 16.8. The number of amides is 1. The quantitative estimate of drug-likeness (QED) is 0.339. The van der Waals surface area contributed by atoms with E-state index in [1.165, 1.54) is 30.3 Å². The molecule has 0 saturated heterocycles. The van der Waals surface area contributed by atoms with Gasteiger partial charge in [-0.25, -0.2) is 13.1 Å². The SMILES string of the molecule is N#Cc1ccc(NC(=O)COC(=O)CCCCCNS(=O)(=O)c2ccc3c(c2)OCCO3)cc1Cl. The lowest BCUT2D eigenvalue weighted by Gasteiger charge is -2.18. The highest BCUT2D eigenvalue weighted by molar-refractivity contribution is 7.89. The Bertz CT molecular complexity index is 1230. The molecule has 2 N–H and O–H groups in total. The van der Waals surface area contributed by atoms with Crippen LogP contribution in [0.15, 0.2) is 41.3 Å². The summed E-state index contributed by atoms with van der Waals surface area (Å²) < 4.78 is 43.2. The molecule has 0 aromatic heterocycles. The molecule has 2 aromatic rings. The standard InChI is InChI=1S/C23H24ClN3O7S/c24-19-12-17(6-5-16(19)14-25)27-22(28)15-34-23(29)4-2-1-3-9-26-35(30,31)18-7-8-20-21(13-18)33-11-10-32-20/h5-8,12-13,26H,1-4,9-11,15H2,(H,27,28). The fourth-order valence-electron chi connectivity index (χ4n) is 3.15. The Morgan fingerprint density at radius 3 is 2.57 bits per heavy atom. The molecule has 0 spiro atoms. The minimum atomic E-state index is -3.69. The molecule has 2 aromatic carbocycles. The number of anilines is 1. The number of carbonyl (C=O) groups excluding carboxylic acids is 2. The van der Waals surface area contributed by atoms with E-state index in [0.717, 1.165) is 0 Å². The van der Waals surface area contributed by atoms with Gasteiger partial charge in [-0.15, -0.1) is 0 Å². The van der Waals surface area contributed by atoms with Crippen LogP contribution in [0, 0.1) is 11.3 Å². The first kappa shape index (κ1) is 26.3. The summed E-state index contributed by atoms with van der Waals surface area (Å²) in [6.07, 6.45) is 1.70. The molecule has 12 heteroatoms. The van der Waals surface area contributed by atoms with Crippen molar-refractivity contribution in [2.45, 2.75) is 30.6 Å². The molecule has 0 bridgehead atoms. The lowest BCUT2D eigenvalue weighted by Crippen LogP contribution is -2.25. The summed E-state index contributed by atoms with van der Waals surface area (Å²) >= 11 is 5.91. The molecule has 1 heterocycles. The van der Waals surface area contributed by atoms with E-state index in [9.17, 15) is 18.0 Å². The van der Waals surface area contributed by atoms with E-state index in [2.05, 4.69) is 10.0 Å². The number of fused-ring (bicyclic) bond motifs is 1. The molecule has 0 unspecified atom stereocenters. The van der Waals surface area contributed by atoms with Crippen LogP contribution in [-0.4, -0.2) is 46.7 Å². The Labute approximate surface area is 208 Å². The largest absolute Gasteiger partial charge is 0.486 e. The molecule has 0 fully saturated rings. The van der Waals surface area contributed by atoms with Crippen molar-refractivity contribution in [3.63, 3.8) is 0 Å². The van der Waals surface area contributed by atoms with Crippen molar-refractivity contribution in [3.05, 3.63) is 47.0 Å². The fraction of sp³-hybridized carbons (Fsp3) is 0.348. The molecule has 35 heavy (non-hydrogen) atoms. The number of nitriles is 1. The number of hydrogen-bond donors (Lipinski definition) is 2. The number of nitrogens with one attached hydrogen (secondary N) is 2. The second kappa shape index (κ2) is 12.4. The van der Waals surface area contributed by atoms with E-state index in [0.29, 0.717) is 49.7 Å². The zero-order valence-corrected chi connectivity index (χ0v) is 20.3.